The molecule has 18 heavy (non-hydrogen) atoms. The molecule has 0 aliphatic heterocycles. The van der Waals surface area contributed by atoms with Crippen molar-refractivity contribution in [1.29, 1.82) is 0 Å². The fraction of sp³-hybridized carbons (Fsp3) is 0.0769. The average molecular weight is 303 g/mol. The van der Waals surface area contributed by atoms with Crippen molar-refractivity contribution in [2.45, 2.75) is 6.54 Å². The topological polar surface area (TPSA) is 32.3 Å². The molecule has 0 aliphatic carbocycles. The van der Waals surface area contributed by atoms with Crippen molar-refractivity contribution in [3.63, 3.8) is 0 Å². The van der Waals surface area contributed by atoms with Crippen LogP contribution < -0.4 is 5.32 Å². The van der Waals surface area contributed by atoms with Gasteiger partial charge in [-0.2, -0.15) is 0 Å². The summed E-state index contributed by atoms with van der Waals surface area (Å²) in [6.45, 7) is 0.367. The van der Waals surface area contributed by atoms with Crippen molar-refractivity contribution in [3.05, 3.63) is 57.0 Å². The second-order valence-corrected chi connectivity index (χ2v) is 4.88. The van der Waals surface area contributed by atoms with E-state index in [1.54, 1.807) is 30.3 Å². The number of anilines is 1. The maximum atomic E-state index is 9.71. The quantitative estimate of drug-likeness (QED) is 0.839. The summed E-state index contributed by atoms with van der Waals surface area (Å²) >= 11 is 18.0. The van der Waals surface area contributed by atoms with E-state index in [9.17, 15) is 5.11 Å². The van der Waals surface area contributed by atoms with E-state index < -0.39 is 0 Å². The number of rotatable bonds is 3. The van der Waals surface area contributed by atoms with Crippen molar-refractivity contribution in [2.75, 3.05) is 5.32 Å². The number of hydrogen-bond acceptors (Lipinski definition) is 2. The number of phenols is 1. The maximum absolute atomic E-state index is 9.71. The minimum Gasteiger partial charge on any atom is -0.508 e. The van der Waals surface area contributed by atoms with Crippen LogP contribution in [0.3, 0.4) is 0 Å². The van der Waals surface area contributed by atoms with Crippen LogP contribution in [0.4, 0.5) is 5.69 Å². The van der Waals surface area contributed by atoms with Gasteiger partial charge in [-0.3, -0.25) is 0 Å². The van der Waals surface area contributed by atoms with Crippen LogP contribution >= 0.6 is 34.8 Å². The normalized spacial score (nSPS) is 10.4. The third-order valence-electron chi connectivity index (χ3n) is 2.50. The van der Waals surface area contributed by atoms with E-state index >= 15 is 0 Å². The Hall–Kier alpha value is -1.09. The Bertz CT molecular complexity index is 552. The molecule has 0 unspecified atom stereocenters. The maximum Gasteiger partial charge on any atom is 0.122 e. The fourth-order valence-electron chi connectivity index (χ4n) is 1.55. The van der Waals surface area contributed by atoms with Gasteiger partial charge >= 0.3 is 0 Å². The van der Waals surface area contributed by atoms with Crippen LogP contribution in [-0.2, 0) is 6.54 Å². The van der Waals surface area contributed by atoms with Crippen molar-refractivity contribution in [3.8, 4) is 5.75 Å². The minimum absolute atomic E-state index is 0.146. The van der Waals surface area contributed by atoms with Crippen molar-refractivity contribution >= 4 is 40.5 Å². The molecular weight excluding hydrogens is 293 g/mol. The van der Waals surface area contributed by atoms with Gasteiger partial charge in [-0.25, -0.2) is 0 Å². The molecule has 0 bridgehead atoms. The molecule has 0 aromatic heterocycles. The van der Waals surface area contributed by atoms with Gasteiger partial charge in [0.05, 0.1) is 15.7 Å². The van der Waals surface area contributed by atoms with Crippen LogP contribution in [0.15, 0.2) is 36.4 Å². The summed E-state index contributed by atoms with van der Waals surface area (Å²) in [6.07, 6.45) is 0. The molecule has 0 saturated carbocycles. The highest BCUT2D eigenvalue weighted by atomic mass is 35.5. The smallest absolute Gasteiger partial charge is 0.122 e. The van der Waals surface area contributed by atoms with Crippen LogP contribution in [0.1, 0.15) is 5.56 Å². The van der Waals surface area contributed by atoms with E-state index in [1.165, 1.54) is 0 Å². The molecule has 0 atom stereocenters. The first kappa shape index (κ1) is 13.3. The molecule has 5 heteroatoms. The fourth-order valence-corrected chi connectivity index (χ4v) is 2.15. The molecule has 0 saturated heterocycles. The lowest BCUT2D eigenvalue weighted by Crippen LogP contribution is -2.01. The highest BCUT2D eigenvalue weighted by Gasteiger charge is 2.08. The van der Waals surface area contributed by atoms with E-state index in [0.717, 1.165) is 0 Å². The summed E-state index contributed by atoms with van der Waals surface area (Å²) in [5.41, 5.74) is 1.32. The van der Waals surface area contributed by atoms with Gasteiger partial charge in [0, 0.05) is 17.1 Å². The first-order valence-corrected chi connectivity index (χ1v) is 6.37. The highest BCUT2D eigenvalue weighted by Crippen LogP contribution is 2.31. The van der Waals surface area contributed by atoms with E-state index in [1.807, 2.05) is 6.07 Å². The lowest BCUT2D eigenvalue weighted by atomic mass is 10.2. The van der Waals surface area contributed by atoms with Gasteiger partial charge < -0.3 is 10.4 Å². The number of hydrogen-bond donors (Lipinski definition) is 2. The Labute approximate surface area is 120 Å². The van der Waals surface area contributed by atoms with Gasteiger partial charge in [0.2, 0.25) is 0 Å². The summed E-state index contributed by atoms with van der Waals surface area (Å²) in [5, 5.41) is 14.2. The summed E-state index contributed by atoms with van der Waals surface area (Å²) in [5.74, 6) is 0.146. The molecular formula is C13H10Cl3NO. The summed E-state index contributed by atoms with van der Waals surface area (Å²) < 4.78 is 0. The van der Waals surface area contributed by atoms with Crippen molar-refractivity contribution in [1.82, 2.24) is 0 Å². The number of benzene rings is 2. The molecule has 0 fully saturated rings. The van der Waals surface area contributed by atoms with E-state index in [2.05, 4.69) is 5.32 Å². The molecule has 2 aromatic carbocycles. The van der Waals surface area contributed by atoms with E-state index in [4.69, 9.17) is 34.8 Å². The monoisotopic (exact) mass is 301 g/mol. The predicted molar refractivity (Wildman–Crippen MR) is 76.9 cm³/mol. The number of halogens is 3. The van der Waals surface area contributed by atoms with Gasteiger partial charge in [-0.15, -0.1) is 0 Å². The molecule has 0 radical (unpaired) electrons. The Morgan fingerprint density at radius 2 is 1.61 bits per heavy atom. The molecule has 2 N–H and O–H groups in total. The molecule has 2 nitrogen and oxygen atoms in total. The Balaban J connectivity index is 2.19. The minimum atomic E-state index is 0.146. The van der Waals surface area contributed by atoms with Gasteiger partial charge in [0.1, 0.15) is 5.75 Å². The average Bonchev–Trinajstić information content (AvgIpc) is 2.33. The van der Waals surface area contributed by atoms with Crippen LogP contribution in [0, 0.1) is 0 Å². The lowest BCUT2D eigenvalue weighted by Gasteiger charge is -2.11. The molecule has 0 spiro atoms. The first-order chi connectivity index (χ1) is 8.59. The molecule has 0 aliphatic rings. The molecule has 0 heterocycles. The Kier molecular flexibility index (Phi) is 4.23. The van der Waals surface area contributed by atoms with Crippen LogP contribution in [0.25, 0.3) is 0 Å². The second kappa shape index (κ2) is 5.70. The highest BCUT2D eigenvalue weighted by molar-refractivity contribution is 6.43. The number of aromatic hydroxyl groups is 1. The van der Waals surface area contributed by atoms with E-state index in [0.29, 0.717) is 32.9 Å². The Morgan fingerprint density at radius 3 is 2.33 bits per heavy atom. The summed E-state index contributed by atoms with van der Waals surface area (Å²) in [7, 11) is 0. The van der Waals surface area contributed by atoms with Crippen LogP contribution in [0.5, 0.6) is 5.75 Å². The van der Waals surface area contributed by atoms with E-state index in [-0.39, 0.29) is 5.75 Å². The third-order valence-corrected chi connectivity index (χ3v) is 3.67. The van der Waals surface area contributed by atoms with Crippen LogP contribution in [-0.4, -0.2) is 5.11 Å². The largest absolute Gasteiger partial charge is 0.508 e. The second-order valence-electron chi connectivity index (χ2n) is 3.69. The number of nitrogens with one attached hydrogen (secondary N) is 1. The lowest BCUT2D eigenvalue weighted by molar-refractivity contribution is 0.469. The van der Waals surface area contributed by atoms with Crippen molar-refractivity contribution in [2.24, 2.45) is 0 Å². The summed E-state index contributed by atoms with van der Waals surface area (Å²) in [4.78, 5) is 0. The van der Waals surface area contributed by atoms with Gasteiger partial charge in [0.15, 0.2) is 0 Å². The van der Waals surface area contributed by atoms with Crippen LogP contribution in [0.2, 0.25) is 15.1 Å². The summed E-state index contributed by atoms with van der Waals surface area (Å²) in [6, 6.07) is 10.3. The standard InChI is InChI=1S/C13H10Cl3NO/c14-9-3-2-6-12(18)8(9)7-17-11-5-1-4-10(15)13(11)16/h1-6,17-18H,7H2. The molecule has 2 rings (SSSR count). The van der Waals surface area contributed by atoms with Crippen molar-refractivity contribution < 1.29 is 5.11 Å². The van der Waals surface area contributed by atoms with Gasteiger partial charge in [-0.05, 0) is 24.3 Å². The first-order valence-electron chi connectivity index (χ1n) is 5.24. The Morgan fingerprint density at radius 1 is 0.944 bits per heavy atom. The van der Waals surface area contributed by atoms with Gasteiger partial charge in [0.25, 0.3) is 0 Å². The third kappa shape index (κ3) is 2.83. The predicted octanol–water partition coefficient (Wildman–Crippen LogP) is 4.96. The molecule has 2 aromatic rings. The molecule has 0 amide bonds. The number of phenolic OH excluding ortho intramolecular Hbond substituents is 1. The SMILES string of the molecule is Oc1cccc(Cl)c1CNc1cccc(Cl)c1Cl. The zero-order valence-corrected chi connectivity index (χ0v) is 11.5. The molecule has 94 valence electrons. The zero-order valence-electron chi connectivity index (χ0n) is 9.25. The zero-order chi connectivity index (χ0) is 13.1. The van der Waals surface area contributed by atoms with Gasteiger partial charge in [-0.1, -0.05) is 46.9 Å².